The van der Waals surface area contributed by atoms with Crippen LogP contribution in [0.4, 0.5) is 0 Å². The van der Waals surface area contributed by atoms with Crippen LogP contribution in [0.1, 0.15) is 5.82 Å². The summed E-state index contributed by atoms with van der Waals surface area (Å²) in [6.07, 6.45) is 0. The predicted octanol–water partition coefficient (Wildman–Crippen LogP) is 4.09. The Morgan fingerprint density at radius 1 is 1.33 bits per heavy atom. The van der Waals surface area contributed by atoms with Crippen LogP contribution in [0.5, 0.6) is 0 Å². The molecule has 1 aromatic heterocycles. The molecule has 0 radical (unpaired) electrons. The van der Waals surface area contributed by atoms with Gasteiger partial charge in [0.1, 0.15) is 0 Å². The van der Waals surface area contributed by atoms with Gasteiger partial charge in [-0.2, -0.15) is 4.37 Å². The van der Waals surface area contributed by atoms with Gasteiger partial charge in [-0.25, -0.2) is 4.98 Å². The highest BCUT2D eigenvalue weighted by Gasteiger charge is 2.02. The number of hydrogen-bond donors (Lipinski definition) is 0. The largest absolute Gasteiger partial charge is 0.213 e. The third-order valence-corrected chi connectivity index (χ3v) is 4.26. The van der Waals surface area contributed by atoms with Crippen LogP contribution in [0.3, 0.4) is 0 Å². The molecule has 1 aromatic carbocycles. The van der Waals surface area contributed by atoms with Gasteiger partial charge in [-0.15, -0.1) is 11.8 Å². The molecule has 2 aromatic rings. The second-order valence-electron chi connectivity index (χ2n) is 2.71. The number of thioether (sulfide) groups is 1. The van der Waals surface area contributed by atoms with E-state index in [2.05, 4.69) is 31.9 Å². The first-order valence-electron chi connectivity index (χ1n) is 4.10. The first kappa shape index (κ1) is 11.6. The number of rotatable bonds is 3. The zero-order valence-corrected chi connectivity index (χ0v) is 12.0. The van der Waals surface area contributed by atoms with Crippen LogP contribution < -0.4 is 0 Å². The summed E-state index contributed by atoms with van der Waals surface area (Å²) in [5.74, 6) is 1.70. The molecule has 2 nitrogen and oxygen atoms in total. The third-order valence-electron chi connectivity index (χ3n) is 1.62. The number of aromatic nitrogens is 2. The van der Waals surface area contributed by atoms with E-state index in [0.29, 0.717) is 0 Å². The second kappa shape index (κ2) is 5.47. The van der Waals surface area contributed by atoms with Crippen LogP contribution in [0.15, 0.2) is 29.2 Å². The minimum Gasteiger partial charge on any atom is -0.213 e. The standard InChI is InChI=1S/C9H6ClIN2S2/c10-6-1-3-7(4-2-6)14-5-8-12-9(11)15-13-8/h1-4H,5H2. The van der Waals surface area contributed by atoms with E-state index in [4.69, 9.17) is 11.6 Å². The monoisotopic (exact) mass is 368 g/mol. The molecule has 1 heterocycles. The second-order valence-corrected chi connectivity index (χ2v) is 6.70. The van der Waals surface area contributed by atoms with E-state index in [0.717, 1.165) is 19.6 Å². The Kier molecular flexibility index (Phi) is 4.24. The van der Waals surface area contributed by atoms with Gasteiger partial charge in [0.05, 0.1) is 5.75 Å². The van der Waals surface area contributed by atoms with E-state index in [9.17, 15) is 0 Å². The Labute approximate surface area is 115 Å². The molecule has 0 unspecified atom stereocenters. The molecule has 78 valence electrons. The number of hydrogen-bond acceptors (Lipinski definition) is 4. The van der Waals surface area contributed by atoms with Gasteiger partial charge in [0.25, 0.3) is 0 Å². The number of halogens is 2. The minimum absolute atomic E-state index is 0.765. The highest BCUT2D eigenvalue weighted by Crippen LogP contribution is 2.23. The van der Waals surface area contributed by atoms with Gasteiger partial charge >= 0.3 is 0 Å². The molecule has 0 bridgehead atoms. The summed E-state index contributed by atoms with van der Waals surface area (Å²) in [6.45, 7) is 0. The van der Waals surface area contributed by atoms with Crippen molar-refractivity contribution in [3.63, 3.8) is 0 Å². The van der Waals surface area contributed by atoms with Gasteiger partial charge in [-0.05, 0) is 58.4 Å². The van der Waals surface area contributed by atoms with Crippen LogP contribution >= 0.6 is 57.5 Å². The highest BCUT2D eigenvalue weighted by molar-refractivity contribution is 14.1. The highest BCUT2D eigenvalue weighted by atomic mass is 127. The number of benzene rings is 1. The maximum absolute atomic E-state index is 5.80. The Balaban J connectivity index is 1.96. The van der Waals surface area contributed by atoms with Crippen LogP contribution in [0.25, 0.3) is 0 Å². The summed E-state index contributed by atoms with van der Waals surface area (Å²) in [4.78, 5) is 5.47. The van der Waals surface area contributed by atoms with E-state index in [1.54, 1.807) is 11.8 Å². The van der Waals surface area contributed by atoms with Crippen LogP contribution in [0.2, 0.25) is 5.02 Å². The first-order valence-corrected chi connectivity index (χ1v) is 7.32. The van der Waals surface area contributed by atoms with Gasteiger partial charge in [0.15, 0.2) is 8.84 Å². The summed E-state index contributed by atoms with van der Waals surface area (Å²) in [7, 11) is 0. The average molecular weight is 369 g/mol. The SMILES string of the molecule is Clc1ccc(SCc2nsc(I)n2)cc1. The molecule has 0 aliphatic rings. The molecule has 0 amide bonds. The fourth-order valence-corrected chi connectivity index (χ4v) is 2.94. The lowest BCUT2D eigenvalue weighted by atomic mass is 10.4. The molecular formula is C9H6ClIN2S2. The predicted molar refractivity (Wildman–Crippen MR) is 73.6 cm³/mol. The molecule has 2 rings (SSSR count). The molecule has 0 N–H and O–H groups in total. The van der Waals surface area contributed by atoms with Crippen molar-refractivity contribution in [1.29, 1.82) is 0 Å². The zero-order chi connectivity index (χ0) is 10.7. The minimum atomic E-state index is 0.765. The first-order chi connectivity index (χ1) is 7.24. The van der Waals surface area contributed by atoms with E-state index in [1.807, 2.05) is 24.3 Å². The third kappa shape index (κ3) is 3.58. The Bertz CT molecular complexity index is 444. The van der Waals surface area contributed by atoms with E-state index >= 15 is 0 Å². The van der Waals surface area contributed by atoms with Crippen molar-refractivity contribution in [3.8, 4) is 0 Å². The molecule has 0 fully saturated rings. The van der Waals surface area contributed by atoms with Crippen molar-refractivity contribution >= 4 is 57.5 Å². The van der Waals surface area contributed by atoms with E-state index < -0.39 is 0 Å². The lowest BCUT2D eigenvalue weighted by Gasteiger charge is -1.98. The molecule has 0 spiro atoms. The lowest BCUT2D eigenvalue weighted by molar-refractivity contribution is 1.12. The molecule has 6 heteroatoms. The topological polar surface area (TPSA) is 25.8 Å². The van der Waals surface area contributed by atoms with Crippen molar-refractivity contribution in [2.45, 2.75) is 10.6 Å². The Hall–Kier alpha value is 0.150. The molecule has 0 saturated carbocycles. The molecular weight excluding hydrogens is 363 g/mol. The number of nitrogens with zero attached hydrogens (tertiary/aromatic N) is 2. The van der Waals surface area contributed by atoms with Gasteiger partial charge < -0.3 is 0 Å². The molecule has 15 heavy (non-hydrogen) atoms. The lowest BCUT2D eigenvalue weighted by Crippen LogP contribution is -1.83. The summed E-state index contributed by atoms with van der Waals surface area (Å²) in [5, 5.41) is 0.765. The quantitative estimate of drug-likeness (QED) is 0.603. The molecule has 0 saturated heterocycles. The summed E-state index contributed by atoms with van der Waals surface area (Å²) in [6, 6.07) is 7.79. The zero-order valence-electron chi connectivity index (χ0n) is 7.48. The summed E-state index contributed by atoms with van der Waals surface area (Å²) < 4.78 is 5.21. The van der Waals surface area contributed by atoms with E-state index in [-0.39, 0.29) is 0 Å². The van der Waals surface area contributed by atoms with Crippen LogP contribution in [0, 0.1) is 3.01 Å². The smallest absolute Gasteiger partial charge is 0.174 e. The van der Waals surface area contributed by atoms with Crippen molar-refractivity contribution < 1.29 is 0 Å². The van der Waals surface area contributed by atoms with Gasteiger partial charge in [0, 0.05) is 9.92 Å². The maximum Gasteiger partial charge on any atom is 0.174 e. The van der Waals surface area contributed by atoms with Crippen molar-refractivity contribution in [2.24, 2.45) is 0 Å². The van der Waals surface area contributed by atoms with Crippen LogP contribution in [-0.2, 0) is 5.75 Å². The molecule has 0 atom stereocenters. The maximum atomic E-state index is 5.80. The van der Waals surface area contributed by atoms with E-state index in [1.165, 1.54) is 16.4 Å². The Morgan fingerprint density at radius 2 is 2.07 bits per heavy atom. The van der Waals surface area contributed by atoms with Gasteiger partial charge in [-0.3, -0.25) is 0 Å². The summed E-state index contributed by atoms with van der Waals surface area (Å²) in [5.41, 5.74) is 0. The van der Waals surface area contributed by atoms with Crippen molar-refractivity contribution in [2.75, 3.05) is 0 Å². The van der Waals surface area contributed by atoms with Crippen LogP contribution in [-0.4, -0.2) is 9.36 Å². The fourth-order valence-electron chi connectivity index (χ4n) is 0.970. The fraction of sp³-hybridized carbons (Fsp3) is 0.111. The summed E-state index contributed by atoms with van der Waals surface area (Å²) >= 11 is 11.1. The average Bonchev–Trinajstić information content (AvgIpc) is 2.64. The Morgan fingerprint density at radius 3 is 2.67 bits per heavy atom. The van der Waals surface area contributed by atoms with Crippen molar-refractivity contribution in [1.82, 2.24) is 9.36 Å². The van der Waals surface area contributed by atoms with Gasteiger partial charge in [0.2, 0.25) is 0 Å². The van der Waals surface area contributed by atoms with Crippen molar-refractivity contribution in [3.05, 3.63) is 38.1 Å². The van der Waals surface area contributed by atoms with Gasteiger partial charge in [-0.1, -0.05) is 11.6 Å². The normalized spacial score (nSPS) is 10.5. The molecule has 0 aliphatic heterocycles. The molecule has 0 aliphatic carbocycles.